The van der Waals surface area contributed by atoms with Gasteiger partial charge in [-0.1, -0.05) is 12.5 Å². The second kappa shape index (κ2) is 7.99. The number of ether oxygens (including phenoxy) is 1. The van der Waals surface area contributed by atoms with Gasteiger partial charge in [-0.05, 0) is 50.2 Å². The summed E-state index contributed by atoms with van der Waals surface area (Å²) in [7, 11) is 0. The Morgan fingerprint density at radius 1 is 1.24 bits per heavy atom. The second-order valence-corrected chi connectivity index (χ2v) is 8.18. The van der Waals surface area contributed by atoms with Crippen LogP contribution in [0.3, 0.4) is 0 Å². The molecule has 2 aliphatic heterocycles. The molecule has 2 aromatic rings. The fourth-order valence-electron chi connectivity index (χ4n) is 4.23. The van der Waals surface area contributed by atoms with E-state index in [2.05, 4.69) is 37.9 Å². The molecule has 2 aliphatic rings. The van der Waals surface area contributed by atoms with E-state index < -0.39 is 0 Å². The molecule has 2 fully saturated rings. The molecule has 0 atom stereocenters. The van der Waals surface area contributed by atoms with Crippen molar-refractivity contribution in [2.45, 2.75) is 44.2 Å². The summed E-state index contributed by atoms with van der Waals surface area (Å²) < 4.78 is 5.67. The highest BCUT2D eigenvalue weighted by Gasteiger charge is 2.38. The van der Waals surface area contributed by atoms with Gasteiger partial charge in [0.05, 0.1) is 16.8 Å². The van der Waals surface area contributed by atoms with Crippen LogP contribution in [-0.2, 0) is 11.3 Å². The van der Waals surface area contributed by atoms with Crippen molar-refractivity contribution in [1.29, 1.82) is 0 Å². The van der Waals surface area contributed by atoms with Gasteiger partial charge in [-0.2, -0.15) is 5.10 Å². The van der Waals surface area contributed by atoms with Crippen LogP contribution in [0, 0.1) is 0 Å². The smallest absolute Gasteiger partial charge is 0.0794 e. The fourth-order valence-corrected chi connectivity index (χ4v) is 4.99. The second-order valence-electron chi connectivity index (χ2n) is 7.24. The number of nitrogens with one attached hydrogen (secondary N) is 2. The van der Waals surface area contributed by atoms with E-state index in [9.17, 15) is 0 Å². The van der Waals surface area contributed by atoms with Gasteiger partial charge in [-0.25, -0.2) is 0 Å². The van der Waals surface area contributed by atoms with E-state index in [1.54, 1.807) is 11.3 Å². The Kier molecular flexibility index (Phi) is 5.51. The topological polar surface area (TPSA) is 53.2 Å². The molecule has 0 amide bonds. The van der Waals surface area contributed by atoms with Gasteiger partial charge in [0, 0.05) is 37.4 Å². The highest BCUT2D eigenvalue weighted by molar-refractivity contribution is 7.13. The number of aromatic nitrogens is 2. The molecule has 2 N–H and O–H groups in total. The Hall–Kier alpha value is -1.21. The summed E-state index contributed by atoms with van der Waals surface area (Å²) in [5.74, 6) is 0. The summed E-state index contributed by atoms with van der Waals surface area (Å²) >= 11 is 1.75. The quantitative estimate of drug-likeness (QED) is 0.830. The zero-order valence-electron chi connectivity index (χ0n) is 14.8. The molecule has 0 aromatic carbocycles. The van der Waals surface area contributed by atoms with Gasteiger partial charge in [0.1, 0.15) is 0 Å². The molecule has 0 unspecified atom stereocenters. The number of rotatable bonds is 6. The number of thiophene rings is 1. The molecule has 6 heteroatoms. The zero-order chi connectivity index (χ0) is 17.0. The SMILES string of the molecule is c1csc(-c2[nH]ncc2CNCC2(N3CCCCC3)CCOCC2)c1. The van der Waals surface area contributed by atoms with Crippen LogP contribution in [0.2, 0.25) is 0 Å². The number of hydrogen-bond donors (Lipinski definition) is 2. The number of H-pyrrole nitrogens is 1. The standard InChI is InChI=1S/C19H28N4OS/c1-2-8-23(9-3-1)19(6-10-24-11-7-19)15-20-13-16-14-21-22-18(16)17-5-4-12-25-17/h4-5,12,14,20H,1-3,6-11,13,15H2,(H,21,22). The maximum atomic E-state index is 5.67. The van der Waals surface area contributed by atoms with E-state index >= 15 is 0 Å². The van der Waals surface area contributed by atoms with Crippen LogP contribution in [-0.4, -0.2) is 53.5 Å². The van der Waals surface area contributed by atoms with Crippen molar-refractivity contribution in [3.05, 3.63) is 29.3 Å². The lowest BCUT2D eigenvalue weighted by Gasteiger charge is -2.48. The minimum absolute atomic E-state index is 0.269. The lowest BCUT2D eigenvalue weighted by Crippen LogP contribution is -2.59. The van der Waals surface area contributed by atoms with Gasteiger partial charge in [-0.15, -0.1) is 11.3 Å². The van der Waals surface area contributed by atoms with Gasteiger partial charge >= 0.3 is 0 Å². The maximum Gasteiger partial charge on any atom is 0.0794 e. The van der Waals surface area contributed by atoms with Gasteiger partial charge in [-0.3, -0.25) is 10.00 Å². The largest absolute Gasteiger partial charge is 0.381 e. The normalized spacial score (nSPS) is 21.4. The molecule has 25 heavy (non-hydrogen) atoms. The predicted octanol–water partition coefficient (Wildman–Crippen LogP) is 3.26. The van der Waals surface area contributed by atoms with Crippen LogP contribution >= 0.6 is 11.3 Å². The highest BCUT2D eigenvalue weighted by atomic mass is 32.1. The third-order valence-electron chi connectivity index (χ3n) is 5.71. The molecule has 5 nitrogen and oxygen atoms in total. The molecule has 0 saturated carbocycles. The molecular weight excluding hydrogens is 332 g/mol. The van der Waals surface area contributed by atoms with E-state index in [-0.39, 0.29) is 5.54 Å². The van der Waals surface area contributed by atoms with E-state index in [1.165, 1.54) is 42.8 Å². The molecule has 136 valence electrons. The third-order valence-corrected chi connectivity index (χ3v) is 6.59. The highest BCUT2D eigenvalue weighted by Crippen LogP contribution is 2.31. The summed E-state index contributed by atoms with van der Waals surface area (Å²) in [6, 6.07) is 4.24. The van der Waals surface area contributed by atoms with Crippen LogP contribution < -0.4 is 5.32 Å². The summed E-state index contributed by atoms with van der Waals surface area (Å²) in [5, 5.41) is 13.3. The van der Waals surface area contributed by atoms with E-state index in [0.29, 0.717) is 0 Å². The molecule has 4 heterocycles. The summed E-state index contributed by atoms with van der Waals surface area (Å²) in [5.41, 5.74) is 2.68. The predicted molar refractivity (Wildman–Crippen MR) is 102 cm³/mol. The van der Waals surface area contributed by atoms with Crippen molar-refractivity contribution >= 4 is 11.3 Å². The van der Waals surface area contributed by atoms with Crippen LogP contribution in [0.25, 0.3) is 10.6 Å². The molecule has 0 radical (unpaired) electrons. The maximum absolute atomic E-state index is 5.67. The Balaban J connectivity index is 1.41. The zero-order valence-corrected chi connectivity index (χ0v) is 15.6. The van der Waals surface area contributed by atoms with Gasteiger partial charge < -0.3 is 10.1 Å². The number of hydrogen-bond acceptors (Lipinski definition) is 5. The van der Waals surface area contributed by atoms with Gasteiger partial charge in [0.15, 0.2) is 0 Å². The first-order valence-corrected chi connectivity index (χ1v) is 10.4. The first kappa shape index (κ1) is 17.2. The Bertz CT molecular complexity index is 642. The van der Waals surface area contributed by atoms with Crippen molar-refractivity contribution in [1.82, 2.24) is 20.4 Å². The summed E-state index contributed by atoms with van der Waals surface area (Å²) in [6.45, 7) is 6.17. The van der Waals surface area contributed by atoms with Crippen molar-refractivity contribution in [3.8, 4) is 10.6 Å². The van der Waals surface area contributed by atoms with Crippen molar-refractivity contribution in [2.75, 3.05) is 32.8 Å². The first-order chi connectivity index (χ1) is 12.4. The molecule has 4 rings (SSSR count). The number of nitrogens with zero attached hydrogens (tertiary/aromatic N) is 2. The van der Waals surface area contributed by atoms with Gasteiger partial charge in [0.25, 0.3) is 0 Å². The lowest BCUT2D eigenvalue weighted by molar-refractivity contribution is -0.0358. The van der Waals surface area contributed by atoms with Crippen molar-refractivity contribution in [3.63, 3.8) is 0 Å². The fraction of sp³-hybridized carbons (Fsp3) is 0.632. The van der Waals surface area contributed by atoms with E-state index in [1.807, 2.05) is 6.20 Å². The Morgan fingerprint density at radius 2 is 2.08 bits per heavy atom. The first-order valence-electron chi connectivity index (χ1n) is 9.47. The Morgan fingerprint density at radius 3 is 2.84 bits per heavy atom. The minimum Gasteiger partial charge on any atom is -0.381 e. The monoisotopic (exact) mass is 360 g/mol. The Labute approximate surface area is 153 Å². The summed E-state index contributed by atoms with van der Waals surface area (Å²) in [4.78, 5) is 3.99. The average molecular weight is 361 g/mol. The van der Waals surface area contributed by atoms with E-state index in [4.69, 9.17) is 4.74 Å². The third kappa shape index (κ3) is 3.82. The van der Waals surface area contributed by atoms with E-state index in [0.717, 1.165) is 44.8 Å². The molecule has 2 aromatic heterocycles. The number of aromatic amines is 1. The van der Waals surface area contributed by atoms with Crippen LogP contribution in [0.15, 0.2) is 23.7 Å². The van der Waals surface area contributed by atoms with Crippen molar-refractivity contribution in [2.24, 2.45) is 0 Å². The van der Waals surface area contributed by atoms with Crippen LogP contribution in [0.1, 0.15) is 37.7 Å². The molecule has 2 saturated heterocycles. The molecule has 0 aliphatic carbocycles. The molecule has 0 bridgehead atoms. The lowest BCUT2D eigenvalue weighted by atomic mass is 9.86. The summed E-state index contributed by atoms with van der Waals surface area (Å²) in [6.07, 6.45) is 8.31. The molecule has 0 spiro atoms. The van der Waals surface area contributed by atoms with Crippen LogP contribution in [0.4, 0.5) is 0 Å². The molecular formula is C19H28N4OS. The minimum atomic E-state index is 0.269. The number of likely N-dealkylation sites (tertiary alicyclic amines) is 1. The van der Waals surface area contributed by atoms with Crippen molar-refractivity contribution < 1.29 is 4.74 Å². The average Bonchev–Trinajstić information content (AvgIpc) is 3.35. The van der Waals surface area contributed by atoms with Crippen LogP contribution in [0.5, 0.6) is 0 Å². The van der Waals surface area contributed by atoms with Gasteiger partial charge in [0.2, 0.25) is 0 Å². The number of piperidine rings is 1.